The van der Waals surface area contributed by atoms with Gasteiger partial charge in [0.2, 0.25) is 11.8 Å². The molecule has 0 unspecified atom stereocenters. The van der Waals surface area contributed by atoms with E-state index in [1.807, 2.05) is 45.0 Å². The lowest BCUT2D eigenvalue weighted by atomic mass is 9.71. The second-order valence-corrected chi connectivity index (χ2v) is 9.49. The Bertz CT molecular complexity index is 914. The van der Waals surface area contributed by atoms with E-state index in [9.17, 15) is 9.59 Å². The third-order valence-corrected chi connectivity index (χ3v) is 6.88. The second-order valence-electron chi connectivity index (χ2n) is 9.49. The predicted octanol–water partition coefficient (Wildman–Crippen LogP) is 3.02. The maximum atomic E-state index is 13.2. The third kappa shape index (κ3) is 2.51. The number of oxime groups is 1. The lowest BCUT2D eigenvalue weighted by molar-refractivity contribution is -0.146. The van der Waals surface area contributed by atoms with Crippen LogP contribution in [0, 0.1) is 29.6 Å². The largest absolute Gasteiger partial charge is 0.490 e. The summed E-state index contributed by atoms with van der Waals surface area (Å²) in [5, 5.41) is 4.39. The number of amides is 2. The van der Waals surface area contributed by atoms with Crippen molar-refractivity contribution in [3.63, 3.8) is 0 Å². The lowest BCUT2D eigenvalue weighted by Gasteiger charge is -2.31. The summed E-state index contributed by atoms with van der Waals surface area (Å²) in [6.45, 7) is 9.88. The van der Waals surface area contributed by atoms with Gasteiger partial charge in [0.15, 0.2) is 0 Å². The van der Waals surface area contributed by atoms with Crippen LogP contribution in [0.5, 0.6) is 5.75 Å². The van der Waals surface area contributed by atoms with Gasteiger partial charge in [0.25, 0.3) is 0 Å². The molecule has 3 fully saturated rings. The van der Waals surface area contributed by atoms with Crippen molar-refractivity contribution in [2.24, 2.45) is 34.7 Å². The number of carbonyl (C=O) groups excluding carboxylic acids is 2. The smallest absolute Gasteiger partial charge is 0.234 e. The van der Waals surface area contributed by atoms with Crippen LogP contribution in [0.1, 0.15) is 32.8 Å². The number of hydrogen-bond donors (Lipinski definition) is 0. The van der Waals surface area contributed by atoms with Gasteiger partial charge in [0.1, 0.15) is 18.5 Å². The van der Waals surface area contributed by atoms with Crippen LogP contribution in [-0.2, 0) is 14.4 Å². The van der Waals surface area contributed by atoms with Gasteiger partial charge in [-0.1, -0.05) is 17.8 Å². The number of hydrogen-bond acceptors (Lipinski definition) is 5. The molecular formula is C23H26N2O4. The molecule has 0 N–H and O–H groups in total. The zero-order valence-electron chi connectivity index (χ0n) is 17.0. The molecule has 1 aromatic rings. The lowest BCUT2D eigenvalue weighted by Crippen LogP contribution is -2.46. The molecule has 1 aromatic carbocycles. The molecule has 2 aliphatic carbocycles. The number of likely N-dealkylation sites (tertiary alicyclic amines) is 1. The number of benzene rings is 1. The number of fused-ring (bicyclic) bond motifs is 8. The van der Waals surface area contributed by atoms with Crippen molar-refractivity contribution in [3.8, 4) is 5.75 Å². The highest BCUT2D eigenvalue weighted by Crippen LogP contribution is 2.62. The third-order valence-electron chi connectivity index (χ3n) is 6.88. The van der Waals surface area contributed by atoms with Crippen molar-refractivity contribution >= 4 is 17.5 Å². The van der Waals surface area contributed by atoms with Gasteiger partial charge in [-0.15, -0.1) is 0 Å². The van der Waals surface area contributed by atoms with E-state index >= 15 is 0 Å². The quantitative estimate of drug-likeness (QED) is 0.582. The molecule has 2 aliphatic heterocycles. The Morgan fingerprint density at radius 3 is 2.41 bits per heavy atom. The van der Waals surface area contributed by atoms with Crippen LogP contribution < -0.4 is 4.74 Å². The predicted molar refractivity (Wildman–Crippen MR) is 107 cm³/mol. The molecule has 0 aromatic heterocycles. The summed E-state index contributed by atoms with van der Waals surface area (Å²) in [6.07, 6.45) is 2.46. The summed E-state index contributed by atoms with van der Waals surface area (Å²) < 4.78 is 5.56. The van der Waals surface area contributed by atoms with Crippen molar-refractivity contribution < 1.29 is 19.2 Å². The van der Waals surface area contributed by atoms with Crippen LogP contribution in [0.3, 0.4) is 0 Å². The zero-order chi connectivity index (χ0) is 20.5. The molecule has 29 heavy (non-hydrogen) atoms. The van der Waals surface area contributed by atoms with Gasteiger partial charge < -0.3 is 9.57 Å². The maximum absolute atomic E-state index is 13.2. The minimum atomic E-state index is -0.494. The Morgan fingerprint density at radius 2 is 1.79 bits per heavy atom. The van der Waals surface area contributed by atoms with Crippen LogP contribution in [0.25, 0.3) is 0 Å². The van der Waals surface area contributed by atoms with Crippen LogP contribution in [0.4, 0.5) is 0 Å². The van der Waals surface area contributed by atoms with Gasteiger partial charge in [0, 0.05) is 22.9 Å². The fraction of sp³-hybridized carbons (Fsp3) is 0.522. The molecule has 2 heterocycles. The van der Waals surface area contributed by atoms with E-state index in [4.69, 9.17) is 9.57 Å². The molecule has 2 amide bonds. The van der Waals surface area contributed by atoms with E-state index in [0.717, 1.165) is 23.4 Å². The SMILES string of the molecule is C=CCOc1ccc(C2=NO[C@@H]3[C@@H]4C[C@@H]([C@H]5C(=O)N(C(C)(C)C)C(=O)[C@@H]45)[C@H]23)cc1. The first-order valence-electron chi connectivity index (χ1n) is 10.3. The maximum Gasteiger partial charge on any atom is 0.234 e. The topological polar surface area (TPSA) is 68.2 Å². The molecule has 2 saturated carbocycles. The first-order chi connectivity index (χ1) is 13.8. The normalized spacial score (nSPS) is 34.7. The Morgan fingerprint density at radius 1 is 1.14 bits per heavy atom. The molecular weight excluding hydrogens is 368 g/mol. The standard InChI is InChI=1S/C23H26N2O4/c1-5-10-28-13-8-6-12(7-9-13)19-18-14-11-15(20(18)29-24-19)17-16(14)21(26)25(22(17)27)23(2,3)4/h5-9,14-18,20H,1,10-11H2,2-4H3/t14-,15+,16+,17-,18+,20+/m0/s1. The summed E-state index contributed by atoms with van der Waals surface area (Å²) in [5.41, 5.74) is 1.38. The molecule has 6 atom stereocenters. The number of nitrogens with zero attached hydrogens (tertiary/aromatic N) is 2. The monoisotopic (exact) mass is 394 g/mol. The summed E-state index contributed by atoms with van der Waals surface area (Å²) in [5.74, 6) is 0.476. The molecule has 1 saturated heterocycles. The van der Waals surface area contributed by atoms with Gasteiger partial charge in [-0.25, -0.2) is 0 Å². The minimum absolute atomic E-state index is 0.0159. The van der Waals surface area contributed by atoms with Crippen LogP contribution >= 0.6 is 0 Å². The Kier molecular flexibility index (Phi) is 3.92. The molecule has 5 rings (SSSR count). The van der Waals surface area contributed by atoms with E-state index in [1.165, 1.54) is 4.90 Å². The molecule has 6 heteroatoms. The number of rotatable bonds is 4. The average Bonchev–Trinajstić information content (AvgIpc) is 3.39. The van der Waals surface area contributed by atoms with Crippen LogP contribution in [0.2, 0.25) is 0 Å². The fourth-order valence-electron chi connectivity index (χ4n) is 5.90. The average molecular weight is 394 g/mol. The Labute approximate surface area is 170 Å². The van der Waals surface area contributed by atoms with Gasteiger partial charge in [-0.3, -0.25) is 14.5 Å². The van der Waals surface area contributed by atoms with Crippen molar-refractivity contribution in [3.05, 3.63) is 42.5 Å². The van der Waals surface area contributed by atoms with E-state index in [2.05, 4.69) is 11.7 Å². The van der Waals surface area contributed by atoms with Gasteiger partial charge >= 0.3 is 0 Å². The van der Waals surface area contributed by atoms with Crippen molar-refractivity contribution in [1.82, 2.24) is 4.90 Å². The van der Waals surface area contributed by atoms with E-state index < -0.39 is 5.54 Å². The first kappa shape index (κ1) is 18.4. The summed E-state index contributed by atoms with van der Waals surface area (Å²) >= 11 is 0. The van der Waals surface area contributed by atoms with E-state index in [0.29, 0.717) is 6.61 Å². The highest BCUT2D eigenvalue weighted by Gasteiger charge is 2.71. The zero-order valence-corrected chi connectivity index (χ0v) is 17.0. The number of ether oxygens (including phenoxy) is 1. The highest BCUT2D eigenvalue weighted by molar-refractivity contribution is 6.09. The molecule has 4 aliphatic rings. The minimum Gasteiger partial charge on any atom is -0.490 e. The molecule has 0 spiro atoms. The second kappa shape index (κ2) is 6.18. The van der Waals surface area contributed by atoms with Crippen molar-refractivity contribution in [2.75, 3.05) is 6.61 Å². The number of carbonyl (C=O) groups is 2. The van der Waals surface area contributed by atoms with Crippen LogP contribution in [0.15, 0.2) is 42.1 Å². The van der Waals surface area contributed by atoms with Gasteiger partial charge in [-0.2, -0.15) is 0 Å². The highest BCUT2D eigenvalue weighted by atomic mass is 16.6. The molecule has 0 radical (unpaired) electrons. The summed E-state index contributed by atoms with van der Waals surface area (Å²) in [7, 11) is 0. The Hall–Kier alpha value is -2.63. The van der Waals surface area contributed by atoms with E-state index in [-0.39, 0.29) is 47.5 Å². The number of imide groups is 1. The van der Waals surface area contributed by atoms with Gasteiger partial charge in [0.05, 0.1) is 17.5 Å². The Balaban J connectivity index is 1.42. The molecule has 6 nitrogen and oxygen atoms in total. The van der Waals surface area contributed by atoms with E-state index in [1.54, 1.807) is 6.08 Å². The summed E-state index contributed by atoms with van der Waals surface area (Å²) in [6, 6.07) is 7.79. The fourth-order valence-corrected chi connectivity index (χ4v) is 5.90. The molecule has 152 valence electrons. The van der Waals surface area contributed by atoms with Crippen LogP contribution in [-0.4, -0.2) is 40.7 Å². The first-order valence-corrected chi connectivity index (χ1v) is 10.3. The van der Waals surface area contributed by atoms with Gasteiger partial charge in [-0.05, 0) is 57.4 Å². The van der Waals surface area contributed by atoms with Crippen molar-refractivity contribution in [1.29, 1.82) is 0 Å². The summed E-state index contributed by atoms with van der Waals surface area (Å²) in [4.78, 5) is 33.6. The molecule has 2 bridgehead atoms. The van der Waals surface area contributed by atoms with Crippen molar-refractivity contribution in [2.45, 2.75) is 38.8 Å².